The fraction of sp³-hybridized carbons (Fsp3) is 0.571. The normalized spacial score (nSPS) is 20.8. The van der Waals surface area contributed by atoms with Crippen molar-refractivity contribution < 1.29 is 9.26 Å². The number of nitrogens with zero attached hydrogens (tertiary/aromatic N) is 4. The highest BCUT2D eigenvalue weighted by atomic mass is 35.5. The lowest BCUT2D eigenvalue weighted by molar-refractivity contribution is 0.138. The molecule has 2 aliphatic rings. The molecule has 1 aromatic heterocycles. The SMILES string of the molecule is CC1(C)Cc2c(N)c(Cl)cc(-c3nc(C4CCCCN4CCCC#N)no3)c2O1. The Morgan fingerprint density at radius 2 is 2.24 bits per heavy atom. The van der Waals surface area contributed by atoms with Gasteiger partial charge < -0.3 is 15.0 Å². The third-order valence-corrected chi connectivity index (χ3v) is 5.98. The van der Waals surface area contributed by atoms with E-state index in [9.17, 15) is 0 Å². The molecule has 8 heteroatoms. The molecule has 29 heavy (non-hydrogen) atoms. The lowest BCUT2D eigenvalue weighted by atomic mass is 9.98. The Kier molecular flexibility index (Phi) is 5.41. The van der Waals surface area contributed by atoms with Crippen LogP contribution in [0.25, 0.3) is 11.5 Å². The van der Waals surface area contributed by atoms with E-state index in [1.54, 1.807) is 6.07 Å². The fourth-order valence-corrected chi connectivity index (χ4v) is 4.50. The zero-order valence-corrected chi connectivity index (χ0v) is 17.6. The molecule has 2 N–H and O–H groups in total. The topological polar surface area (TPSA) is 101 Å². The average Bonchev–Trinajstić information content (AvgIpc) is 3.30. The van der Waals surface area contributed by atoms with Gasteiger partial charge in [0.2, 0.25) is 0 Å². The van der Waals surface area contributed by atoms with Crippen molar-refractivity contribution in [1.82, 2.24) is 15.0 Å². The Balaban J connectivity index is 1.64. The summed E-state index contributed by atoms with van der Waals surface area (Å²) in [7, 11) is 0. The van der Waals surface area contributed by atoms with Crippen molar-refractivity contribution in [2.75, 3.05) is 18.8 Å². The Morgan fingerprint density at radius 1 is 1.41 bits per heavy atom. The highest BCUT2D eigenvalue weighted by Crippen LogP contribution is 2.47. The molecule has 2 aliphatic heterocycles. The van der Waals surface area contributed by atoms with Gasteiger partial charge >= 0.3 is 0 Å². The highest BCUT2D eigenvalue weighted by molar-refractivity contribution is 6.33. The molecular formula is C21H26ClN5O2. The standard InChI is InChI=1S/C21H26ClN5O2/c1-21(2)12-14-17(24)15(22)11-13(18(14)28-21)20-25-19(26-29-20)16-7-3-5-9-27(16)10-6-4-8-23/h11,16H,3-7,9-10,12,24H2,1-2H3. The van der Waals surface area contributed by atoms with Gasteiger partial charge in [-0.2, -0.15) is 10.2 Å². The predicted molar refractivity (Wildman–Crippen MR) is 111 cm³/mol. The van der Waals surface area contributed by atoms with Crippen LogP contribution in [-0.2, 0) is 6.42 Å². The van der Waals surface area contributed by atoms with Gasteiger partial charge in [-0.1, -0.05) is 23.2 Å². The van der Waals surface area contributed by atoms with Gasteiger partial charge in [-0.25, -0.2) is 0 Å². The van der Waals surface area contributed by atoms with Crippen LogP contribution in [0.15, 0.2) is 10.6 Å². The molecule has 0 saturated carbocycles. The molecule has 0 radical (unpaired) electrons. The molecule has 7 nitrogen and oxygen atoms in total. The summed E-state index contributed by atoms with van der Waals surface area (Å²) < 4.78 is 11.8. The quantitative estimate of drug-likeness (QED) is 0.565. The smallest absolute Gasteiger partial charge is 0.261 e. The number of hydrogen-bond acceptors (Lipinski definition) is 7. The second kappa shape index (κ2) is 7.85. The molecule has 154 valence electrons. The summed E-state index contributed by atoms with van der Waals surface area (Å²) in [6.45, 7) is 5.89. The maximum Gasteiger partial charge on any atom is 0.261 e. The number of fused-ring (bicyclic) bond motifs is 1. The zero-order chi connectivity index (χ0) is 20.6. The third-order valence-electron chi connectivity index (χ3n) is 5.67. The van der Waals surface area contributed by atoms with Gasteiger partial charge in [-0.3, -0.25) is 4.90 Å². The van der Waals surface area contributed by atoms with E-state index in [1.165, 1.54) is 0 Å². The molecular weight excluding hydrogens is 390 g/mol. The summed E-state index contributed by atoms with van der Waals surface area (Å²) in [5.41, 5.74) is 7.97. The maximum atomic E-state index is 8.82. The van der Waals surface area contributed by atoms with Crippen LogP contribution in [0, 0.1) is 11.3 Å². The fourth-order valence-electron chi connectivity index (χ4n) is 4.28. The van der Waals surface area contributed by atoms with Gasteiger partial charge in [0.1, 0.15) is 11.4 Å². The van der Waals surface area contributed by atoms with Crippen molar-refractivity contribution in [3.05, 3.63) is 22.5 Å². The van der Waals surface area contributed by atoms with Crippen LogP contribution in [0.2, 0.25) is 5.02 Å². The van der Waals surface area contributed by atoms with E-state index in [-0.39, 0.29) is 11.6 Å². The summed E-state index contributed by atoms with van der Waals surface area (Å²) in [5, 5.41) is 13.6. The number of nitrogens with two attached hydrogens (primary N) is 1. The molecule has 0 bridgehead atoms. The molecule has 1 aromatic carbocycles. The van der Waals surface area contributed by atoms with Gasteiger partial charge in [0.15, 0.2) is 5.82 Å². The molecule has 1 saturated heterocycles. The van der Waals surface area contributed by atoms with Crippen LogP contribution in [0.1, 0.15) is 63.4 Å². The number of benzene rings is 1. The summed E-state index contributed by atoms with van der Waals surface area (Å²) in [6.07, 6.45) is 5.35. The van der Waals surface area contributed by atoms with E-state index in [0.29, 0.717) is 46.6 Å². The first-order chi connectivity index (χ1) is 13.9. The van der Waals surface area contributed by atoms with Gasteiger partial charge in [0.25, 0.3) is 5.89 Å². The van der Waals surface area contributed by atoms with Crippen LogP contribution in [0.4, 0.5) is 5.69 Å². The van der Waals surface area contributed by atoms with Gasteiger partial charge in [-0.05, 0) is 52.3 Å². The number of anilines is 1. The summed E-state index contributed by atoms with van der Waals surface area (Å²) in [4.78, 5) is 7.07. The Hall–Kier alpha value is -2.30. The van der Waals surface area contributed by atoms with E-state index in [0.717, 1.165) is 44.3 Å². The number of unbranched alkanes of at least 4 members (excludes halogenated alkanes) is 1. The predicted octanol–water partition coefficient (Wildman–Crippen LogP) is 4.52. The minimum Gasteiger partial charge on any atom is -0.486 e. The Morgan fingerprint density at radius 3 is 3.03 bits per heavy atom. The summed E-state index contributed by atoms with van der Waals surface area (Å²) >= 11 is 6.39. The van der Waals surface area contributed by atoms with E-state index < -0.39 is 0 Å². The molecule has 1 atom stereocenters. The molecule has 1 unspecified atom stereocenters. The van der Waals surface area contributed by atoms with Crippen molar-refractivity contribution in [3.63, 3.8) is 0 Å². The number of piperidine rings is 1. The second-order valence-electron chi connectivity index (χ2n) is 8.43. The van der Waals surface area contributed by atoms with Crippen molar-refractivity contribution in [3.8, 4) is 23.3 Å². The first-order valence-electron chi connectivity index (χ1n) is 10.1. The number of nitriles is 1. The number of halogens is 1. The lowest BCUT2D eigenvalue weighted by Gasteiger charge is -2.33. The number of rotatable bonds is 5. The molecule has 0 amide bonds. The Labute approximate surface area is 175 Å². The second-order valence-corrected chi connectivity index (χ2v) is 8.84. The summed E-state index contributed by atoms with van der Waals surface area (Å²) in [5.74, 6) is 1.76. The number of hydrogen-bond donors (Lipinski definition) is 1. The summed E-state index contributed by atoms with van der Waals surface area (Å²) in [6, 6.07) is 4.07. The van der Waals surface area contributed by atoms with Gasteiger partial charge in [0, 0.05) is 18.4 Å². The van der Waals surface area contributed by atoms with Gasteiger partial charge in [0.05, 0.1) is 28.4 Å². The minimum atomic E-state index is -0.361. The molecule has 0 spiro atoms. The average molecular weight is 416 g/mol. The first-order valence-corrected chi connectivity index (χ1v) is 10.5. The first kappa shape index (κ1) is 20.0. The molecule has 3 heterocycles. The monoisotopic (exact) mass is 415 g/mol. The van der Waals surface area contributed by atoms with Crippen molar-refractivity contribution in [2.24, 2.45) is 0 Å². The number of aromatic nitrogens is 2. The van der Waals surface area contributed by atoms with E-state index in [2.05, 4.69) is 16.1 Å². The van der Waals surface area contributed by atoms with E-state index >= 15 is 0 Å². The van der Waals surface area contributed by atoms with Crippen LogP contribution in [-0.4, -0.2) is 33.7 Å². The van der Waals surface area contributed by atoms with E-state index in [1.807, 2.05) is 13.8 Å². The third kappa shape index (κ3) is 3.92. The van der Waals surface area contributed by atoms with Gasteiger partial charge in [-0.15, -0.1) is 0 Å². The molecule has 2 aromatic rings. The molecule has 0 aliphatic carbocycles. The van der Waals surface area contributed by atoms with Crippen molar-refractivity contribution >= 4 is 17.3 Å². The number of likely N-dealkylation sites (tertiary alicyclic amines) is 1. The molecule has 4 rings (SSSR count). The lowest BCUT2D eigenvalue weighted by Crippen LogP contribution is -2.34. The Bertz CT molecular complexity index is 949. The van der Waals surface area contributed by atoms with Crippen LogP contribution >= 0.6 is 11.6 Å². The largest absolute Gasteiger partial charge is 0.486 e. The number of ether oxygens (including phenoxy) is 1. The van der Waals surface area contributed by atoms with Crippen molar-refractivity contribution in [1.29, 1.82) is 5.26 Å². The highest BCUT2D eigenvalue weighted by Gasteiger charge is 2.36. The minimum absolute atomic E-state index is 0.106. The number of nitrogen functional groups attached to an aromatic ring is 1. The van der Waals surface area contributed by atoms with Crippen LogP contribution in [0.3, 0.4) is 0 Å². The van der Waals surface area contributed by atoms with Crippen LogP contribution in [0.5, 0.6) is 5.75 Å². The van der Waals surface area contributed by atoms with E-state index in [4.69, 9.17) is 36.8 Å². The maximum absolute atomic E-state index is 8.82. The molecule has 1 fully saturated rings. The van der Waals surface area contributed by atoms with Crippen molar-refractivity contribution in [2.45, 2.75) is 64.0 Å². The zero-order valence-electron chi connectivity index (χ0n) is 16.9. The van der Waals surface area contributed by atoms with Crippen LogP contribution < -0.4 is 10.5 Å².